The van der Waals surface area contributed by atoms with Gasteiger partial charge in [-0.05, 0) is 56.9 Å². The Kier molecular flexibility index (Phi) is 6.34. The third kappa shape index (κ3) is 4.53. The number of benzene rings is 1. The second-order valence-corrected chi connectivity index (χ2v) is 13.3. The average molecular weight is 617 g/mol. The fourth-order valence-corrected chi connectivity index (χ4v) is 7.96. The molecule has 5 aromatic rings. The number of carbonyl (C=O) groups excluding carboxylic acids is 1. The van der Waals surface area contributed by atoms with Crippen LogP contribution in [0.3, 0.4) is 0 Å². The van der Waals surface area contributed by atoms with Gasteiger partial charge in [0.1, 0.15) is 5.82 Å². The molecule has 3 saturated heterocycles. The van der Waals surface area contributed by atoms with Crippen molar-refractivity contribution in [2.24, 2.45) is 0 Å². The zero-order valence-electron chi connectivity index (χ0n) is 25.5. The number of H-pyrrole nitrogens is 1. The van der Waals surface area contributed by atoms with Crippen molar-refractivity contribution in [2.45, 2.75) is 75.0 Å². The number of anilines is 2. The largest absolute Gasteiger partial charge is 0.391 e. The maximum absolute atomic E-state index is 13.8. The Morgan fingerprint density at radius 3 is 2.41 bits per heavy atom. The van der Waals surface area contributed by atoms with Gasteiger partial charge in [-0.15, -0.1) is 10.2 Å². The molecule has 12 heteroatoms. The van der Waals surface area contributed by atoms with E-state index in [-0.39, 0.29) is 35.8 Å². The van der Waals surface area contributed by atoms with E-state index in [1.807, 2.05) is 46.5 Å². The molecule has 7 heterocycles. The fourth-order valence-electron chi connectivity index (χ4n) is 7.96. The van der Waals surface area contributed by atoms with Crippen LogP contribution in [0, 0.1) is 0 Å². The number of hydrogen-bond acceptors (Lipinski definition) is 9. The lowest BCUT2D eigenvalue weighted by molar-refractivity contribution is 0.0557. The van der Waals surface area contributed by atoms with E-state index in [1.165, 1.54) is 0 Å². The second-order valence-electron chi connectivity index (χ2n) is 13.3. The highest BCUT2D eigenvalue weighted by Gasteiger charge is 2.46. The number of nitrogens with one attached hydrogen (secondary N) is 1. The van der Waals surface area contributed by atoms with Crippen LogP contribution < -0.4 is 10.6 Å². The number of aliphatic hydroxyl groups excluding tert-OH is 1. The lowest BCUT2D eigenvalue weighted by Crippen LogP contribution is -2.46. The number of amides is 1. The number of hydrogen-bond donors (Lipinski definition) is 3. The Morgan fingerprint density at radius 1 is 0.913 bits per heavy atom. The van der Waals surface area contributed by atoms with Crippen LogP contribution in [-0.4, -0.2) is 82.0 Å². The van der Waals surface area contributed by atoms with Gasteiger partial charge in [-0.1, -0.05) is 36.4 Å². The standard InChI is InChI=1S/C34H36N10O2/c35-30-28(20-6-7-20)29(38-32-26(17-37-44(30)32)21-8-11-27(36-16-21)19-4-2-1-3-5-19)22-14-23-9-10-24(15-22)43(23)33(46)31-39-34(41-40-31)42-13-12-25(45)18-42/h1-5,8,11,16-17,20,22-25,45H,6-7,9-10,12-15,18,35H2,(H,39,40,41)/t22?,23?,24?,25-/m1/s1. The van der Waals surface area contributed by atoms with Gasteiger partial charge >= 0.3 is 0 Å². The van der Waals surface area contributed by atoms with Crippen LogP contribution in [0.25, 0.3) is 28.0 Å². The van der Waals surface area contributed by atoms with E-state index < -0.39 is 0 Å². The van der Waals surface area contributed by atoms with Crippen LogP contribution in [0.15, 0.2) is 54.9 Å². The minimum absolute atomic E-state index is 0.0979. The number of piperidine rings is 1. The van der Waals surface area contributed by atoms with Crippen molar-refractivity contribution in [1.29, 1.82) is 0 Å². The van der Waals surface area contributed by atoms with Gasteiger partial charge in [0.2, 0.25) is 11.8 Å². The van der Waals surface area contributed by atoms with Crippen molar-refractivity contribution in [3.63, 3.8) is 0 Å². The average Bonchev–Trinajstić information content (AvgIpc) is 3.37. The zero-order chi connectivity index (χ0) is 30.9. The van der Waals surface area contributed by atoms with E-state index in [4.69, 9.17) is 20.8 Å². The van der Waals surface area contributed by atoms with Crippen molar-refractivity contribution in [2.75, 3.05) is 23.7 Å². The van der Waals surface area contributed by atoms with Crippen molar-refractivity contribution < 1.29 is 9.90 Å². The molecule has 3 atom stereocenters. The Morgan fingerprint density at radius 2 is 1.72 bits per heavy atom. The zero-order valence-corrected chi connectivity index (χ0v) is 25.5. The van der Waals surface area contributed by atoms with E-state index in [1.54, 1.807) is 4.52 Å². The number of rotatable bonds is 6. The van der Waals surface area contributed by atoms with Gasteiger partial charge in [-0.2, -0.15) is 9.61 Å². The van der Waals surface area contributed by atoms with Crippen molar-refractivity contribution in [1.82, 2.24) is 39.7 Å². The van der Waals surface area contributed by atoms with Crippen LogP contribution in [0.5, 0.6) is 0 Å². The molecule has 1 amide bonds. The summed E-state index contributed by atoms with van der Waals surface area (Å²) in [6.45, 7) is 1.19. The molecule has 0 radical (unpaired) electrons. The molecular weight excluding hydrogens is 580 g/mol. The number of pyridine rings is 1. The number of aromatic amines is 1. The Labute approximate surface area is 265 Å². The van der Waals surface area contributed by atoms with Crippen LogP contribution in [0.4, 0.5) is 11.8 Å². The number of nitrogens with zero attached hydrogens (tertiary/aromatic N) is 8. The molecular formula is C34H36N10O2. The summed E-state index contributed by atoms with van der Waals surface area (Å²) >= 11 is 0. The first kappa shape index (κ1) is 27.5. The van der Waals surface area contributed by atoms with Gasteiger partial charge in [0.25, 0.3) is 5.91 Å². The normalized spacial score (nSPS) is 24.3. The maximum atomic E-state index is 13.8. The van der Waals surface area contributed by atoms with Crippen LogP contribution in [0.2, 0.25) is 0 Å². The molecule has 0 spiro atoms. The van der Waals surface area contributed by atoms with Gasteiger partial charge in [0, 0.05) is 59.5 Å². The number of aliphatic hydroxyl groups is 1. The molecule has 234 valence electrons. The number of aromatic nitrogens is 7. The Hall–Kier alpha value is -4.84. The van der Waals surface area contributed by atoms with Gasteiger partial charge in [0.05, 0.1) is 23.7 Å². The maximum Gasteiger partial charge on any atom is 0.292 e. The number of nitrogens with two attached hydrogens (primary N) is 1. The summed E-state index contributed by atoms with van der Waals surface area (Å²) in [7, 11) is 0. The molecule has 4 aliphatic rings. The van der Waals surface area contributed by atoms with Gasteiger partial charge in [-0.25, -0.2) is 4.98 Å². The summed E-state index contributed by atoms with van der Waals surface area (Å²) in [4.78, 5) is 31.0. The van der Waals surface area contributed by atoms with E-state index in [9.17, 15) is 9.90 Å². The predicted octanol–water partition coefficient (Wildman–Crippen LogP) is 4.16. The summed E-state index contributed by atoms with van der Waals surface area (Å²) in [5.74, 6) is 1.99. The molecule has 4 N–H and O–H groups in total. The van der Waals surface area contributed by atoms with Crippen molar-refractivity contribution in [3.05, 3.63) is 71.9 Å². The first-order valence-corrected chi connectivity index (χ1v) is 16.4. The van der Waals surface area contributed by atoms with E-state index in [0.717, 1.165) is 77.8 Å². The monoisotopic (exact) mass is 616 g/mol. The third-order valence-electron chi connectivity index (χ3n) is 10.4. The molecule has 4 aromatic heterocycles. The first-order chi connectivity index (χ1) is 22.5. The van der Waals surface area contributed by atoms with Crippen LogP contribution in [-0.2, 0) is 0 Å². The predicted molar refractivity (Wildman–Crippen MR) is 172 cm³/mol. The number of nitrogen functional groups attached to an aromatic ring is 1. The summed E-state index contributed by atoms with van der Waals surface area (Å²) in [5.41, 5.74) is 13.7. The molecule has 2 unspecified atom stereocenters. The minimum Gasteiger partial charge on any atom is -0.391 e. The smallest absolute Gasteiger partial charge is 0.292 e. The summed E-state index contributed by atoms with van der Waals surface area (Å²) < 4.78 is 1.80. The van der Waals surface area contributed by atoms with E-state index >= 15 is 0 Å². The highest BCUT2D eigenvalue weighted by molar-refractivity contribution is 5.91. The topological polar surface area (TPSA) is 154 Å². The SMILES string of the molecule is Nc1c(C2CC2)c(C2CC3CCC(C2)N3C(=O)c2nnc(N3CC[C@@H](O)C3)[nH]2)nc2c(-c3ccc(-c4ccccc4)nc3)cnn12. The molecule has 46 heavy (non-hydrogen) atoms. The van der Waals surface area contributed by atoms with Crippen molar-refractivity contribution in [3.8, 4) is 22.4 Å². The van der Waals surface area contributed by atoms with Gasteiger partial charge in [0.15, 0.2) is 5.65 Å². The van der Waals surface area contributed by atoms with Crippen LogP contribution >= 0.6 is 0 Å². The minimum atomic E-state index is -0.378. The molecule has 9 rings (SSSR count). The fraction of sp³-hybridized carbons (Fsp3) is 0.412. The van der Waals surface area contributed by atoms with Gasteiger partial charge in [-0.3, -0.25) is 9.78 Å². The number of carbonyl (C=O) groups is 1. The second kappa shape index (κ2) is 10.6. The quantitative estimate of drug-likeness (QED) is 0.255. The van der Waals surface area contributed by atoms with Crippen molar-refractivity contribution >= 4 is 23.3 Å². The molecule has 1 saturated carbocycles. The molecule has 2 bridgehead atoms. The molecule has 4 fully saturated rings. The molecule has 1 aliphatic carbocycles. The summed E-state index contributed by atoms with van der Waals surface area (Å²) in [5, 5.41) is 23.1. The highest BCUT2D eigenvalue weighted by atomic mass is 16.3. The molecule has 12 nitrogen and oxygen atoms in total. The third-order valence-corrected chi connectivity index (χ3v) is 10.4. The lowest BCUT2D eigenvalue weighted by atomic mass is 9.85. The van der Waals surface area contributed by atoms with Crippen LogP contribution in [0.1, 0.15) is 78.7 Å². The summed E-state index contributed by atoms with van der Waals surface area (Å²) in [6.07, 6.45) is 9.84. The first-order valence-electron chi connectivity index (χ1n) is 16.4. The highest BCUT2D eigenvalue weighted by Crippen LogP contribution is 2.50. The van der Waals surface area contributed by atoms with E-state index in [2.05, 4.69) is 33.4 Å². The Bertz CT molecular complexity index is 1920. The lowest BCUT2D eigenvalue weighted by Gasteiger charge is -2.39. The summed E-state index contributed by atoms with van der Waals surface area (Å²) in [6, 6.07) is 14.5. The van der Waals surface area contributed by atoms with E-state index in [0.29, 0.717) is 37.2 Å². The number of β-amino-alcohol motifs (C(OH)–C–C–N with tert-alkyl or cyclic N) is 1. The molecule has 3 aliphatic heterocycles. The molecule has 1 aromatic carbocycles. The number of fused-ring (bicyclic) bond motifs is 3. The Balaban J connectivity index is 1.01. The van der Waals surface area contributed by atoms with Gasteiger partial charge < -0.3 is 25.6 Å².